The molecule has 0 saturated carbocycles. The third-order valence-corrected chi connectivity index (χ3v) is 2.47. The molecular weight excluding hydrogens is 222 g/mol. The molecule has 0 atom stereocenters. The predicted octanol–water partition coefficient (Wildman–Crippen LogP) is 3.09. The van der Waals surface area contributed by atoms with Gasteiger partial charge in [0.05, 0.1) is 11.4 Å². The lowest BCUT2D eigenvalue weighted by Crippen LogP contribution is -2.11. The molecule has 1 heterocycles. The monoisotopic (exact) mass is 234 g/mol. The molecule has 2 aromatic rings. The van der Waals surface area contributed by atoms with Gasteiger partial charge in [-0.05, 0) is 24.3 Å². The lowest BCUT2D eigenvalue weighted by molar-refractivity contribution is 0.511. The van der Waals surface area contributed by atoms with Gasteiger partial charge in [0.2, 0.25) is 0 Å². The molecule has 0 amide bonds. The highest BCUT2D eigenvalue weighted by Gasteiger charge is 2.14. The Morgan fingerprint density at radius 2 is 1.82 bits per heavy atom. The molecule has 1 aromatic heterocycles. The summed E-state index contributed by atoms with van der Waals surface area (Å²) >= 11 is 0. The third kappa shape index (κ3) is 2.11. The highest BCUT2D eigenvalue weighted by Crippen LogP contribution is 2.29. The largest absolute Gasteiger partial charge is 0.376 e. The molecule has 0 N–H and O–H groups in total. The molecule has 17 heavy (non-hydrogen) atoms. The van der Waals surface area contributed by atoms with Gasteiger partial charge in [-0.3, -0.25) is 4.98 Å². The van der Waals surface area contributed by atoms with E-state index in [2.05, 4.69) is 4.98 Å². The van der Waals surface area contributed by atoms with Crippen molar-refractivity contribution in [3.05, 3.63) is 48.2 Å². The van der Waals surface area contributed by atoms with Crippen molar-refractivity contribution in [2.75, 3.05) is 19.0 Å². The average Bonchev–Trinajstić information content (AvgIpc) is 2.33. The molecule has 0 bridgehead atoms. The Morgan fingerprint density at radius 3 is 2.53 bits per heavy atom. The lowest BCUT2D eigenvalue weighted by atomic mass is 10.1. The van der Waals surface area contributed by atoms with Gasteiger partial charge in [-0.2, -0.15) is 0 Å². The number of nitrogens with zero attached hydrogens (tertiary/aromatic N) is 2. The molecule has 0 spiro atoms. The van der Waals surface area contributed by atoms with Crippen LogP contribution < -0.4 is 4.90 Å². The Kier molecular flexibility index (Phi) is 3.04. The van der Waals surface area contributed by atoms with Crippen molar-refractivity contribution in [1.82, 2.24) is 4.98 Å². The van der Waals surface area contributed by atoms with Crippen molar-refractivity contribution in [1.29, 1.82) is 0 Å². The van der Waals surface area contributed by atoms with Crippen molar-refractivity contribution in [3.8, 4) is 11.3 Å². The fourth-order valence-corrected chi connectivity index (χ4v) is 1.65. The van der Waals surface area contributed by atoms with E-state index in [0.29, 0.717) is 5.69 Å². The summed E-state index contributed by atoms with van der Waals surface area (Å²) in [6.07, 6.45) is 1.56. The number of anilines is 1. The zero-order valence-corrected chi connectivity index (χ0v) is 9.61. The Hall–Kier alpha value is -1.97. The van der Waals surface area contributed by atoms with Crippen LogP contribution in [-0.2, 0) is 0 Å². The highest BCUT2D eigenvalue weighted by atomic mass is 19.2. The number of hydrogen-bond donors (Lipinski definition) is 0. The summed E-state index contributed by atoms with van der Waals surface area (Å²) in [4.78, 5) is 5.94. The van der Waals surface area contributed by atoms with E-state index in [0.717, 1.165) is 11.8 Å². The van der Waals surface area contributed by atoms with Gasteiger partial charge < -0.3 is 4.90 Å². The number of hydrogen-bond acceptors (Lipinski definition) is 2. The van der Waals surface area contributed by atoms with Crippen LogP contribution in [0.4, 0.5) is 14.5 Å². The van der Waals surface area contributed by atoms with Crippen LogP contribution in [0.5, 0.6) is 0 Å². The molecule has 2 rings (SSSR count). The number of aromatic nitrogens is 1. The quantitative estimate of drug-likeness (QED) is 0.793. The third-order valence-electron chi connectivity index (χ3n) is 2.47. The molecule has 0 radical (unpaired) electrons. The highest BCUT2D eigenvalue weighted by molar-refractivity contribution is 5.74. The van der Waals surface area contributed by atoms with Crippen LogP contribution in [0.3, 0.4) is 0 Å². The molecule has 0 aliphatic rings. The molecular formula is C13H12F2N2. The van der Waals surface area contributed by atoms with Gasteiger partial charge in [-0.25, -0.2) is 8.78 Å². The Morgan fingerprint density at radius 1 is 1.06 bits per heavy atom. The van der Waals surface area contributed by atoms with Crippen LogP contribution in [0.1, 0.15) is 0 Å². The van der Waals surface area contributed by atoms with Crippen LogP contribution in [0.2, 0.25) is 0 Å². The van der Waals surface area contributed by atoms with Crippen molar-refractivity contribution < 1.29 is 8.78 Å². The number of pyridine rings is 1. The summed E-state index contributed by atoms with van der Waals surface area (Å²) in [7, 11) is 3.66. The molecule has 0 aliphatic heterocycles. The molecule has 0 fully saturated rings. The topological polar surface area (TPSA) is 16.1 Å². The van der Waals surface area contributed by atoms with Crippen molar-refractivity contribution in [3.63, 3.8) is 0 Å². The van der Waals surface area contributed by atoms with E-state index in [9.17, 15) is 8.78 Å². The van der Waals surface area contributed by atoms with Gasteiger partial charge in [0.15, 0.2) is 11.6 Å². The van der Waals surface area contributed by atoms with E-state index in [4.69, 9.17) is 0 Å². The van der Waals surface area contributed by atoms with Crippen LogP contribution in [-0.4, -0.2) is 19.1 Å². The van der Waals surface area contributed by atoms with E-state index in [1.54, 1.807) is 12.3 Å². The Labute approximate surface area is 98.5 Å². The number of halogens is 2. The first kappa shape index (κ1) is 11.5. The molecule has 0 aliphatic carbocycles. The summed E-state index contributed by atoms with van der Waals surface area (Å²) in [6.45, 7) is 0. The van der Waals surface area contributed by atoms with Gasteiger partial charge in [0.1, 0.15) is 0 Å². The Balaban J connectivity index is 2.64. The fraction of sp³-hybridized carbons (Fsp3) is 0.154. The number of rotatable bonds is 2. The van der Waals surface area contributed by atoms with Crippen LogP contribution in [0.25, 0.3) is 11.3 Å². The van der Waals surface area contributed by atoms with E-state index in [-0.39, 0.29) is 5.56 Å². The van der Waals surface area contributed by atoms with E-state index in [1.165, 1.54) is 12.1 Å². The van der Waals surface area contributed by atoms with Gasteiger partial charge in [-0.1, -0.05) is 6.07 Å². The van der Waals surface area contributed by atoms with E-state index < -0.39 is 11.6 Å². The van der Waals surface area contributed by atoms with Gasteiger partial charge in [0, 0.05) is 25.9 Å². The van der Waals surface area contributed by atoms with E-state index >= 15 is 0 Å². The van der Waals surface area contributed by atoms with Crippen molar-refractivity contribution in [2.24, 2.45) is 0 Å². The minimum absolute atomic E-state index is 0.175. The normalized spacial score (nSPS) is 10.4. The molecule has 0 unspecified atom stereocenters. The van der Waals surface area contributed by atoms with Crippen LogP contribution >= 0.6 is 0 Å². The second-order valence-corrected chi connectivity index (χ2v) is 3.87. The summed E-state index contributed by atoms with van der Waals surface area (Å²) in [6, 6.07) is 7.66. The summed E-state index contributed by atoms with van der Waals surface area (Å²) in [5.74, 6) is -1.73. The van der Waals surface area contributed by atoms with Crippen molar-refractivity contribution in [2.45, 2.75) is 0 Å². The molecule has 0 saturated heterocycles. The van der Waals surface area contributed by atoms with Crippen molar-refractivity contribution >= 4 is 5.69 Å². The first-order chi connectivity index (χ1) is 8.11. The average molecular weight is 234 g/mol. The molecule has 2 nitrogen and oxygen atoms in total. The number of benzene rings is 1. The van der Waals surface area contributed by atoms with Crippen LogP contribution in [0.15, 0.2) is 36.5 Å². The molecule has 4 heteroatoms. The summed E-state index contributed by atoms with van der Waals surface area (Å²) < 4.78 is 26.9. The standard InChI is InChI=1S/C13H12F2N2/c1-17(2)11-7-4-8-16-13(11)9-5-3-6-10(14)12(9)15/h3-8H,1-2H3. The predicted molar refractivity (Wildman–Crippen MR) is 63.9 cm³/mol. The van der Waals surface area contributed by atoms with Gasteiger partial charge in [0.25, 0.3) is 0 Å². The van der Waals surface area contributed by atoms with Crippen LogP contribution in [0, 0.1) is 11.6 Å². The maximum Gasteiger partial charge on any atom is 0.168 e. The first-order valence-electron chi connectivity index (χ1n) is 5.18. The zero-order valence-electron chi connectivity index (χ0n) is 9.61. The maximum absolute atomic E-state index is 13.7. The summed E-state index contributed by atoms with van der Waals surface area (Å²) in [5, 5.41) is 0. The minimum atomic E-state index is -0.866. The molecule has 1 aromatic carbocycles. The maximum atomic E-state index is 13.7. The Bertz CT molecular complexity index is 539. The fourth-order valence-electron chi connectivity index (χ4n) is 1.65. The van der Waals surface area contributed by atoms with Gasteiger partial charge >= 0.3 is 0 Å². The molecule has 88 valence electrons. The minimum Gasteiger partial charge on any atom is -0.376 e. The smallest absolute Gasteiger partial charge is 0.168 e. The second kappa shape index (κ2) is 4.49. The SMILES string of the molecule is CN(C)c1cccnc1-c1cccc(F)c1F. The zero-order chi connectivity index (χ0) is 12.4. The summed E-state index contributed by atoms with van der Waals surface area (Å²) in [5.41, 5.74) is 1.36. The second-order valence-electron chi connectivity index (χ2n) is 3.87. The van der Waals surface area contributed by atoms with Gasteiger partial charge in [-0.15, -0.1) is 0 Å². The lowest BCUT2D eigenvalue weighted by Gasteiger charge is -2.16. The van der Waals surface area contributed by atoms with E-state index in [1.807, 2.05) is 25.1 Å². The first-order valence-corrected chi connectivity index (χ1v) is 5.18.